The third-order valence-electron chi connectivity index (χ3n) is 9.60. The van der Waals surface area contributed by atoms with Crippen LogP contribution in [0.5, 0.6) is 0 Å². The molecule has 1 heterocycles. The second kappa shape index (κ2) is 33.7. The summed E-state index contributed by atoms with van der Waals surface area (Å²) in [5, 5.41) is 53.9. The Morgan fingerprint density at radius 3 is 1.67 bits per heavy atom. The quantitative estimate of drug-likeness (QED) is 0.0295. The van der Waals surface area contributed by atoms with E-state index < -0.39 is 49.5 Å². The Bertz CT molecular complexity index is 951. The van der Waals surface area contributed by atoms with Gasteiger partial charge in [0, 0.05) is 6.42 Å². The highest BCUT2D eigenvalue weighted by Crippen LogP contribution is 2.22. The lowest BCUT2D eigenvalue weighted by Crippen LogP contribution is -2.60. The van der Waals surface area contributed by atoms with Gasteiger partial charge in [-0.15, -0.1) is 0 Å². The minimum absolute atomic E-state index is 0.200. The summed E-state index contributed by atoms with van der Waals surface area (Å²) in [4.78, 5) is 12.9. The third kappa shape index (κ3) is 24.5. The van der Waals surface area contributed by atoms with Crippen LogP contribution in [0.4, 0.5) is 0 Å². The van der Waals surface area contributed by atoms with Crippen LogP contribution in [0.25, 0.3) is 0 Å². The van der Waals surface area contributed by atoms with E-state index in [9.17, 15) is 30.3 Å². The molecule has 0 saturated carbocycles. The number of ether oxygens (including phenoxy) is 2. The maximum Gasteiger partial charge on any atom is 0.220 e. The van der Waals surface area contributed by atoms with Gasteiger partial charge >= 0.3 is 0 Å². The molecule has 6 N–H and O–H groups in total. The molecule has 9 heteroatoms. The number of allylic oxidation sites excluding steroid dienone is 7. The van der Waals surface area contributed by atoms with Gasteiger partial charge in [0.1, 0.15) is 24.4 Å². The standard InChI is InChI=1S/C43H77NO8/c1-3-5-7-9-11-13-15-17-18-19-20-21-23-25-27-29-31-33-39(47)44-36(35-51-43-42(50)41(49)40(48)38(34-45)52-43)37(46)32-30-28-26-24-22-16-14-12-10-8-6-4-2/h10,12,17-18,22,24,30,32,36-38,40-43,45-46,48-50H,3-9,11,13-16,19-21,23,25-29,31,33-35H2,1-2H3,(H,44,47)/b12-10+,18-17-,24-22+,32-30+. The molecule has 9 nitrogen and oxygen atoms in total. The van der Waals surface area contributed by atoms with E-state index in [1.54, 1.807) is 6.08 Å². The molecule has 0 radical (unpaired) electrons. The first-order valence-corrected chi connectivity index (χ1v) is 20.9. The van der Waals surface area contributed by atoms with Gasteiger partial charge in [0.05, 0.1) is 25.4 Å². The Morgan fingerprint density at radius 2 is 1.12 bits per heavy atom. The van der Waals surface area contributed by atoms with Gasteiger partial charge in [-0.25, -0.2) is 0 Å². The zero-order valence-electron chi connectivity index (χ0n) is 32.8. The molecule has 0 spiro atoms. The largest absolute Gasteiger partial charge is 0.394 e. The zero-order valence-corrected chi connectivity index (χ0v) is 32.8. The van der Waals surface area contributed by atoms with E-state index in [4.69, 9.17) is 9.47 Å². The van der Waals surface area contributed by atoms with E-state index >= 15 is 0 Å². The normalized spacial score (nSPS) is 22.3. The number of hydrogen-bond donors (Lipinski definition) is 6. The fourth-order valence-electron chi connectivity index (χ4n) is 6.17. The van der Waals surface area contributed by atoms with Gasteiger partial charge in [-0.1, -0.05) is 140 Å². The summed E-state index contributed by atoms with van der Waals surface area (Å²) in [5.41, 5.74) is 0. The summed E-state index contributed by atoms with van der Waals surface area (Å²) < 4.78 is 11.1. The number of aliphatic hydroxyl groups excluding tert-OH is 5. The number of nitrogens with one attached hydrogen (secondary N) is 1. The maximum absolute atomic E-state index is 12.9. The number of aliphatic hydroxyl groups is 5. The molecule has 0 bridgehead atoms. The number of hydrogen-bond acceptors (Lipinski definition) is 8. The molecule has 0 aromatic heterocycles. The second-order valence-corrected chi connectivity index (χ2v) is 14.4. The molecule has 52 heavy (non-hydrogen) atoms. The summed E-state index contributed by atoms with van der Waals surface area (Å²) in [6, 6.07) is -0.828. The van der Waals surface area contributed by atoms with Crippen LogP contribution in [0.3, 0.4) is 0 Å². The summed E-state index contributed by atoms with van der Waals surface area (Å²) >= 11 is 0. The lowest BCUT2D eigenvalue weighted by Gasteiger charge is -2.40. The van der Waals surface area contributed by atoms with E-state index in [1.807, 2.05) is 6.08 Å². The van der Waals surface area contributed by atoms with Crippen LogP contribution in [0.15, 0.2) is 48.6 Å². The summed E-state index contributed by atoms with van der Waals surface area (Å²) in [6.07, 6.45) is 34.4. The first-order valence-electron chi connectivity index (χ1n) is 20.9. The average Bonchev–Trinajstić information content (AvgIpc) is 3.14. The van der Waals surface area contributed by atoms with Crippen LogP contribution < -0.4 is 5.32 Å². The highest BCUT2D eigenvalue weighted by Gasteiger charge is 2.44. The smallest absolute Gasteiger partial charge is 0.220 e. The van der Waals surface area contributed by atoms with Crippen molar-refractivity contribution in [2.45, 2.75) is 204 Å². The first-order chi connectivity index (χ1) is 25.3. The summed E-state index contributed by atoms with van der Waals surface area (Å²) in [6.45, 7) is 3.67. The second-order valence-electron chi connectivity index (χ2n) is 14.4. The number of rotatable bonds is 33. The van der Waals surface area contributed by atoms with Crippen molar-refractivity contribution < 1.29 is 39.8 Å². The van der Waals surface area contributed by atoms with E-state index in [1.165, 1.54) is 77.0 Å². The topological polar surface area (TPSA) is 149 Å². The molecule has 0 aromatic rings. The molecule has 0 aliphatic carbocycles. The van der Waals surface area contributed by atoms with E-state index in [2.05, 4.69) is 55.6 Å². The molecule has 1 amide bonds. The molecule has 7 unspecified atom stereocenters. The lowest BCUT2D eigenvalue weighted by molar-refractivity contribution is -0.302. The molecule has 7 atom stereocenters. The monoisotopic (exact) mass is 736 g/mol. The first kappa shape index (κ1) is 48.2. The summed E-state index contributed by atoms with van der Waals surface area (Å²) in [7, 11) is 0. The van der Waals surface area contributed by atoms with Crippen LogP contribution in [0, 0.1) is 0 Å². The van der Waals surface area contributed by atoms with Crippen molar-refractivity contribution in [3.05, 3.63) is 48.6 Å². The fraction of sp³-hybridized carbons (Fsp3) is 0.791. The van der Waals surface area contributed by atoms with Gasteiger partial charge in [-0.3, -0.25) is 4.79 Å². The van der Waals surface area contributed by atoms with Crippen molar-refractivity contribution in [2.75, 3.05) is 13.2 Å². The molecule has 1 saturated heterocycles. The Labute approximate surface area is 316 Å². The summed E-state index contributed by atoms with van der Waals surface area (Å²) in [5.74, 6) is -0.200. The molecular weight excluding hydrogens is 658 g/mol. The van der Waals surface area contributed by atoms with E-state index in [0.29, 0.717) is 6.42 Å². The number of carbonyl (C=O) groups is 1. The minimum Gasteiger partial charge on any atom is -0.394 e. The zero-order chi connectivity index (χ0) is 38.1. The van der Waals surface area contributed by atoms with Gasteiger partial charge < -0.3 is 40.3 Å². The van der Waals surface area contributed by atoms with Gasteiger partial charge in [0.25, 0.3) is 0 Å². The predicted octanol–water partition coefficient (Wildman–Crippen LogP) is 7.89. The average molecular weight is 736 g/mol. The molecule has 1 rings (SSSR count). The van der Waals surface area contributed by atoms with Crippen LogP contribution in [-0.2, 0) is 14.3 Å². The van der Waals surface area contributed by atoms with Crippen molar-refractivity contribution in [1.82, 2.24) is 5.32 Å². The van der Waals surface area contributed by atoms with Crippen LogP contribution in [0.2, 0.25) is 0 Å². The maximum atomic E-state index is 12.9. The molecule has 1 aliphatic heterocycles. The van der Waals surface area contributed by atoms with Gasteiger partial charge in [-0.05, 0) is 64.2 Å². The van der Waals surface area contributed by atoms with Crippen molar-refractivity contribution in [2.24, 2.45) is 0 Å². The van der Waals surface area contributed by atoms with Crippen molar-refractivity contribution in [3.8, 4) is 0 Å². The Hall–Kier alpha value is -1.85. The molecular formula is C43H77NO8. The Morgan fingerprint density at radius 1 is 0.635 bits per heavy atom. The Balaban J connectivity index is 2.43. The van der Waals surface area contributed by atoms with E-state index in [0.717, 1.165) is 64.2 Å². The third-order valence-corrected chi connectivity index (χ3v) is 9.60. The SMILES string of the molecule is CCCC/C=C/CC/C=C/CC/C=C/C(O)C(COC1OC(CO)C(O)C(O)C1O)NC(=O)CCCCCCCCC/C=C\CCCCCCCC. The highest BCUT2D eigenvalue weighted by molar-refractivity contribution is 5.76. The Kier molecular flexibility index (Phi) is 31.2. The van der Waals surface area contributed by atoms with Crippen molar-refractivity contribution in [3.63, 3.8) is 0 Å². The number of unbranched alkanes of at least 4 members (excludes halogenated alkanes) is 17. The van der Waals surface area contributed by atoms with Crippen LogP contribution >= 0.6 is 0 Å². The van der Waals surface area contributed by atoms with Gasteiger partial charge in [-0.2, -0.15) is 0 Å². The van der Waals surface area contributed by atoms with Crippen molar-refractivity contribution >= 4 is 5.91 Å². The van der Waals surface area contributed by atoms with Gasteiger partial charge in [0.15, 0.2) is 6.29 Å². The predicted molar refractivity (Wildman–Crippen MR) is 212 cm³/mol. The minimum atomic E-state index is -1.57. The molecule has 1 aliphatic rings. The molecule has 302 valence electrons. The molecule has 1 fully saturated rings. The lowest BCUT2D eigenvalue weighted by atomic mass is 9.99. The van der Waals surface area contributed by atoms with Crippen LogP contribution in [-0.4, -0.2) is 87.5 Å². The van der Waals surface area contributed by atoms with E-state index in [-0.39, 0.29) is 12.5 Å². The highest BCUT2D eigenvalue weighted by atomic mass is 16.7. The number of carbonyl (C=O) groups excluding carboxylic acids is 1. The number of amides is 1. The molecule has 0 aromatic carbocycles. The van der Waals surface area contributed by atoms with Gasteiger partial charge in [0.2, 0.25) is 5.91 Å². The van der Waals surface area contributed by atoms with Crippen molar-refractivity contribution in [1.29, 1.82) is 0 Å². The van der Waals surface area contributed by atoms with Crippen LogP contribution in [0.1, 0.15) is 162 Å². The fourth-order valence-corrected chi connectivity index (χ4v) is 6.17.